The summed E-state index contributed by atoms with van der Waals surface area (Å²) in [4.78, 5) is 0. The molecule has 20 heavy (non-hydrogen) atoms. The second-order valence-electron chi connectivity index (χ2n) is 5.18. The minimum absolute atomic E-state index is 0. The number of hydrogen-bond acceptors (Lipinski definition) is 1. The van der Waals surface area contributed by atoms with E-state index in [4.69, 9.17) is 2.81 Å². The van der Waals surface area contributed by atoms with E-state index in [9.17, 15) is 0 Å². The van der Waals surface area contributed by atoms with Gasteiger partial charge in [-0.3, -0.25) is 0 Å². The van der Waals surface area contributed by atoms with Crippen molar-refractivity contribution in [3.8, 4) is 0 Å². The third kappa shape index (κ3) is 2.41. The second-order valence-corrected chi connectivity index (χ2v) is 10.8. The standard InChI is InChI=1S/C14H11.C2H4O.2ClH.Zr/c1-10-8-12-7-6-11-4-2-3-5-13(11)14(12)9-10;1-2-3;;;/h2-9H,1H3;1-2H2;2*1H;/q;-1;;;+3/p-2. The zero-order chi connectivity index (χ0) is 12.1. The predicted octanol–water partition coefficient (Wildman–Crippen LogP) is -1.71. The van der Waals surface area contributed by atoms with Gasteiger partial charge in [0.25, 0.3) is 0 Å². The van der Waals surface area contributed by atoms with Gasteiger partial charge in [0.1, 0.15) is 0 Å². The molecule has 0 bridgehead atoms. The summed E-state index contributed by atoms with van der Waals surface area (Å²) >= 11 is -1.58. The number of hydrogen-bond donors (Lipinski definition) is 0. The van der Waals surface area contributed by atoms with Crippen LogP contribution in [0.15, 0.2) is 42.0 Å². The molecule has 1 fully saturated rings. The van der Waals surface area contributed by atoms with Gasteiger partial charge in [0.05, 0.1) is 0 Å². The monoisotopic (exact) mass is 383 g/mol. The number of fused-ring (bicyclic) bond motifs is 3. The van der Waals surface area contributed by atoms with Gasteiger partial charge >= 0.3 is 116 Å². The molecule has 1 aliphatic heterocycles. The molecule has 1 unspecified atom stereocenters. The maximum absolute atomic E-state index is 5.91. The Morgan fingerprint density at radius 1 is 1.10 bits per heavy atom. The summed E-state index contributed by atoms with van der Waals surface area (Å²) in [5.41, 5.74) is 4.54. The quantitative estimate of drug-likeness (QED) is 0.568. The Labute approximate surface area is 140 Å². The van der Waals surface area contributed by atoms with Gasteiger partial charge in [-0.15, -0.1) is 0 Å². The third-order valence-electron chi connectivity index (χ3n) is 4.10. The molecule has 4 heteroatoms. The number of benzene rings is 2. The summed E-state index contributed by atoms with van der Waals surface area (Å²) in [6.07, 6.45) is 2.40. The van der Waals surface area contributed by atoms with Crippen molar-refractivity contribution in [2.45, 2.75) is 14.7 Å². The fraction of sp³-hybridized carbons (Fsp3) is 0.250. The Hall–Kier alpha value is -0.137. The molecule has 1 atom stereocenters. The van der Waals surface area contributed by atoms with E-state index < -0.39 is 22.2 Å². The molecule has 2 aromatic carbocycles. The molecule has 1 saturated heterocycles. The first-order chi connectivity index (χ1) is 8.84. The van der Waals surface area contributed by atoms with Crippen LogP contribution in [0.3, 0.4) is 0 Å². The normalized spacial score (nSPS) is 19.6. The van der Waals surface area contributed by atoms with Crippen LogP contribution in [-0.2, 0) is 25.0 Å². The number of allylic oxidation sites excluding steroid dienone is 1. The number of rotatable bonds is 1. The first-order valence-corrected chi connectivity index (χ1v) is 10.7. The van der Waals surface area contributed by atoms with Gasteiger partial charge in [-0.05, 0) is 0 Å². The van der Waals surface area contributed by atoms with E-state index in [0.717, 1.165) is 6.61 Å². The summed E-state index contributed by atoms with van der Waals surface area (Å²) in [6, 6.07) is 13.3. The molecule has 0 saturated carbocycles. The molecule has 0 amide bonds. The minimum atomic E-state index is -1.58. The summed E-state index contributed by atoms with van der Waals surface area (Å²) in [7, 11) is 0. The van der Waals surface area contributed by atoms with Gasteiger partial charge < -0.3 is 24.8 Å². The Bertz CT molecular complexity index is 665. The summed E-state index contributed by atoms with van der Waals surface area (Å²) in [6.45, 7) is 3.30. The van der Waals surface area contributed by atoms with Crippen LogP contribution in [0.2, 0.25) is 4.13 Å². The van der Waals surface area contributed by atoms with Crippen LogP contribution >= 0.6 is 0 Å². The van der Waals surface area contributed by atoms with E-state index in [1.807, 2.05) is 0 Å². The van der Waals surface area contributed by atoms with Crippen molar-refractivity contribution in [2.24, 2.45) is 0 Å². The summed E-state index contributed by atoms with van der Waals surface area (Å²) in [5.74, 6) is 0. The van der Waals surface area contributed by atoms with Crippen LogP contribution in [0.4, 0.5) is 0 Å². The second kappa shape index (κ2) is 6.32. The first-order valence-electron chi connectivity index (χ1n) is 6.53. The van der Waals surface area contributed by atoms with E-state index in [1.54, 1.807) is 5.56 Å². The van der Waals surface area contributed by atoms with Crippen molar-refractivity contribution in [2.75, 3.05) is 6.61 Å². The van der Waals surface area contributed by atoms with Gasteiger partial charge in [0.15, 0.2) is 0 Å². The predicted molar refractivity (Wildman–Crippen MR) is 71.1 cm³/mol. The summed E-state index contributed by atoms with van der Waals surface area (Å²) in [5, 5.41) is 2.75. The van der Waals surface area contributed by atoms with E-state index in [-0.39, 0.29) is 24.8 Å². The van der Waals surface area contributed by atoms with Crippen molar-refractivity contribution in [3.05, 3.63) is 53.1 Å². The SMILES string of the molecule is CC1=Cc2c(ccc3ccccc23)[CH]1[Zr+2]1[CH2]C[O]1.[Cl-].[Cl-]. The van der Waals surface area contributed by atoms with Crippen LogP contribution in [0.5, 0.6) is 0 Å². The van der Waals surface area contributed by atoms with E-state index in [1.165, 1.54) is 26.0 Å². The van der Waals surface area contributed by atoms with E-state index in [0.29, 0.717) is 3.63 Å². The minimum Gasteiger partial charge on any atom is -1.00 e. The van der Waals surface area contributed by atoms with E-state index in [2.05, 4.69) is 49.4 Å². The molecule has 1 heterocycles. The van der Waals surface area contributed by atoms with Crippen molar-refractivity contribution in [1.82, 2.24) is 0 Å². The molecule has 4 rings (SSSR count). The Kier molecular flexibility index (Phi) is 5.13. The van der Waals surface area contributed by atoms with Crippen LogP contribution in [0.1, 0.15) is 21.7 Å². The van der Waals surface area contributed by atoms with E-state index >= 15 is 0 Å². The zero-order valence-electron chi connectivity index (χ0n) is 11.2. The Balaban J connectivity index is 0.000000735. The van der Waals surface area contributed by atoms with Gasteiger partial charge in [0.2, 0.25) is 0 Å². The topological polar surface area (TPSA) is 9.23 Å². The van der Waals surface area contributed by atoms with Gasteiger partial charge in [-0.25, -0.2) is 0 Å². The molecule has 1 aliphatic carbocycles. The average molecular weight is 385 g/mol. The van der Waals surface area contributed by atoms with Gasteiger partial charge in [0, 0.05) is 0 Å². The molecule has 0 spiro atoms. The first kappa shape index (κ1) is 16.2. The number of halogens is 2. The largest absolute Gasteiger partial charge is 1.00 e. The molecule has 0 aromatic heterocycles. The molecule has 2 aromatic rings. The van der Waals surface area contributed by atoms with Gasteiger partial charge in [-0.2, -0.15) is 0 Å². The molecule has 103 valence electrons. The van der Waals surface area contributed by atoms with Crippen molar-refractivity contribution < 1.29 is 49.8 Å². The molecule has 1 nitrogen and oxygen atoms in total. The van der Waals surface area contributed by atoms with Gasteiger partial charge in [-0.1, -0.05) is 0 Å². The molecule has 2 aliphatic rings. The van der Waals surface area contributed by atoms with Crippen molar-refractivity contribution in [1.29, 1.82) is 0 Å². The average Bonchev–Trinajstić information content (AvgIpc) is 2.65. The zero-order valence-corrected chi connectivity index (χ0v) is 15.2. The van der Waals surface area contributed by atoms with Crippen LogP contribution in [0.25, 0.3) is 16.8 Å². The van der Waals surface area contributed by atoms with Crippen LogP contribution in [0, 0.1) is 0 Å². The maximum Gasteiger partial charge on any atom is -1.00 e. The smallest absolute Gasteiger partial charge is 1.00 e. The molecular weight excluding hydrogens is 370 g/mol. The fourth-order valence-corrected chi connectivity index (χ4v) is 8.28. The summed E-state index contributed by atoms with van der Waals surface area (Å²) < 4.78 is 7.98. The molecular formula is C16H15Cl2OZr. The molecule has 0 N–H and O–H groups in total. The van der Waals surface area contributed by atoms with Crippen molar-refractivity contribution >= 4 is 16.8 Å². The van der Waals surface area contributed by atoms with Crippen molar-refractivity contribution in [3.63, 3.8) is 0 Å². The molecule has 0 radical (unpaired) electrons. The van der Waals surface area contributed by atoms with Crippen LogP contribution < -0.4 is 24.8 Å². The Morgan fingerprint density at radius 3 is 2.55 bits per heavy atom. The Morgan fingerprint density at radius 2 is 1.85 bits per heavy atom. The fourth-order valence-electron chi connectivity index (χ4n) is 3.16. The van der Waals surface area contributed by atoms with Crippen LogP contribution in [-0.4, -0.2) is 6.61 Å². The third-order valence-corrected chi connectivity index (χ3v) is 10.7. The maximum atomic E-state index is 5.91.